The van der Waals surface area contributed by atoms with Crippen LogP contribution in [0.3, 0.4) is 0 Å². The third kappa shape index (κ3) is 7.46. The fourth-order valence-electron chi connectivity index (χ4n) is 3.06. The van der Waals surface area contributed by atoms with Gasteiger partial charge in [0.2, 0.25) is 0 Å². The highest BCUT2D eigenvalue weighted by molar-refractivity contribution is 5.96. The summed E-state index contributed by atoms with van der Waals surface area (Å²) in [7, 11) is 0. The van der Waals surface area contributed by atoms with Crippen LogP contribution in [-0.2, 0) is 4.74 Å². The average molecular weight is 420 g/mol. The molecule has 30 heavy (non-hydrogen) atoms. The Morgan fingerprint density at radius 1 is 1.27 bits per heavy atom. The molecule has 166 valence electrons. The van der Waals surface area contributed by atoms with Crippen molar-refractivity contribution in [1.82, 2.24) is 20.9 Å². The van der Waals surface area contributed by atoms with Crippen molar-refractivity contribution in [2.24, 2.45) is 4.99 Å². The van der Waals surface area contributed by atoms with Crippen LogP contribution in [-0.4, -0.2) is 72.3 Å². The van der Waals surface area contributed by atoms with Gasteiger partial charge in [-0.2, -0.15) is 0 Å². The molecule has 0 spiro atoms. The number of carbonyl (C=O) groups excluding carboxylic acids is 2. The molecular formula is C21H33N5O4. The summed E-state index contributed by atoms with van der Waals surface area (Å²) in [6.45, 7) is 10.3. The van der Waals surface area contributed by atoms with Gasteiger partial charge in [0.05, 0.1) is 18.2 Å². The summed E-state index contributed by atoms with van der Waals surface area (Å²) in [4.78, 5) is 30.8. The fraction of sp³-hybridized carbons (Fsp3) is 0.571. The molecular weight excluding hydrogens is 386 g/mol. The first-order chi connectivity index (χ1) is 14.2. The number of alkyl carbamates (subject to hydrolysis) is 1. The van der Waals surface area contributed by atoms with E-state index in [1.807, 2.05) is 27.7 Å². The van der Waals surface area contributed by atoms with Gasteiger partial charge in [0.15, 0.2) is 5.96 Å². The van der Waals surface area contributed by atoms with Gasteiger partial charge >= 0.3 is 6.09 Å². The van der Waals surface area contributed by atoms with E-state index >= 15 is 0 Å². The van der Waals surface area contributed by atoms with Gasteiger partial charge in [0.1, 0.15) is 11.4 Å². The first-order valence-electron chi connectivity index (χ1n) is 10.3. The van der Waals surface area contributed by atoms with Crippen molar-refractivity contribution in [2.75, 3.05) is 32.7 Å². The van der Waals surface area contributed by atoms with Crippen molar-refractivity contribution >= 4 is 18.0 Å². The van der Waals surface area contributed by atoms with E-state index in [-0.39, 0.29) is 23.3 Å². The second-order valence-electron chi connectivity index (χ2n) is 8.09. The molecule has 0 bridgehead atoms. The van der Waals surface area contributed by atoms with Crippen molar-refractivity contribution in [3.8, 4) is 5.75 Å². The highest BCUT2D eigenvalue weighted by Gasteiger charge is 2.27. The van der Waals surface area contributed by atoms with Crippen LogP contribution in [0, 0.1) is 0 Å². The van der Waals surface area contributed by atoms with E-state index in [0.29, 0.717) is 26.2 Å². The smallest absolute Gasteiger partial charge is 0.407 e. The number of rotatable bonds is 6. The zero-order chi connectivity index (χ0) is 22.1. The van der Waals surface area contributed by atoms with E-state index in [2.05, 4.69) is 25.8 Å². The maximum absolute atomic E-state index is 12.1. The van der Waals surface area contributed by atoms with Crippen molar-refractivity contribution in [3.05, 3.63) is 29.8 Å². The van der Waals surface area contributed by atoms with Gasteiger partial charge in [-0.05, 0) is 46.2 Å². The number of phenolic OH excluding ortho intramolecular Hbond substituents is 1. The molecule has 1 heterocycles. The zero-order valence-electron chi connectivity index (χ0n) is 18.2. The molecule has 1 aliphatic heterocycles. The molecule has 4 N–H and O–H groups in total. The van der Waals surface area contributed by atoms with E-state index in [1.165, 1.54) is 6.07 Å². The Kier molecular flexibility index (Phi) is 8.32. The molecule has 1 aromatic carbocycles. The maximum atomic E-state index is 12.1. The topological polar surface area (TPSA) is 115 Å². The molecule has 0 saturated carbocycles. The number of nitrogens with zero attached hydrogens (tertiary/aromatic N) is 2. The Labute approximate surface area is 177 Å². The summed E-state index contributed by atoms with van der Waals surface area (Å²) in [6.07, 6.45) is 0.386. The number of ether oxygens (including phenoxy) is 1. The van der Waals surface area contributed by atoms with E-state index in [4.69, 9.17) is 4.74 Å². The van der Waals surface area contributed by atoms with E-state index in [1.54, 1.807) is 18.2 Å². The number of likely N-dealkylation sites (tertiary alicyclic amines) is 1. The number of carbonyl (C=O) groups is 2. The number of benzene rings is 1. The lowest BCUT2D eigenvalue weighted by Crippen LogP contribution is -2.44. The Balaban J connectivity index is 1.83. The second-order valence-corrected chi connectivity index (χ2v) is 8.09. The Bertz CT molecular complexity index is 760. The lowest BCUT2D eigenvalue weighted by atomic mass is 10.2. The minimum atomic E-state index is -0.528. The zero-order valence-corrected chi connectivity index (χ0v) is 18.2. The van der Waals surface area contributed by atoms with Crippen LogP contribution in [0.15, 0.2) is 29.3 Å². The molecule has 1 saturated heterocycles. The SMILES string of the molecule is CCNC(=NCCNC(=O)c1ccccc1O)N1CCC(NC(=O)OC(C)(C)C)C1. The minimum Gasteiger partial charge on any atom is -0.507 e. The van der Waals surface area contributed by atoms with Crippen molar-refractivity contribution in [2.45, 2.75) is 45.8 Å². The number of hydrogen-bond acceptors (Lipinski definition) is 5. The van der Waals surface area contributed by atoms with Gasteiger partial charge in [-0.1, -0.05) is 12.1 Å². The largest absolute Gasteiger partial charge is 0.507 e. The fourth-order valence-corrected chi connectivity index (χ4v) is 3.06. The van der Waals surface area contributed by atoms with Crippen LogP contribution < -0.4 is 16.0 Å². The summed E-state index contributed by atoms with van der Waals surface area (Å²) in [6, 6.07) is 6.40. The van der Waals surface area contributed by atoms with Crippen molar-refractivity contribution < 1.29 is 19.4 Å². The molecule has 0 aliphatic carbocycles. The molecule has 9 nitrogen and oxygen atoms in total. The number of hydrogen-bond donors (Lipinski definition) is 4. The summed E-state index contributed by atoms with van der Waals surface area (Å²) < 4.78 is 5.32. The van der Waals surface area contributed by atoms with Crippen LogP contribution in [0.2, 0.25) is 0 Å². The average Bonchev–Trinajstić information content (AvgIpc) is 3.11. The standard InChI is InChI=1S/C21H33N5O4/c1-5-22-19(24-12-11-23-18(28)16-8-6-7-9-17(16)27)26-13-10-15(14-26)25-20(29)30-21(2,3)4/h6-9,15,27H,5,10-14H2,1-4H3,(H,22,24)(H,23,28)(H,25,29). The van der Waals surface area contributed by atoms with E-state index < -0.39 is 11.7 Å². The molecule has 1 atom stereocenters. The molecule has 1 fully saturated rings. The summed E-state index contributed by atoms with van der Waals surface area (Å²) >= 11 is 0. The van der Waals surface area contributed by atoms with Gasteiger partial charge < -0.3 is 30.7 Å². The maximum Gasteiger partial charge on any atom is 0.407 e. The number of para-hydroxylation sites is 1. The predicted molar refractivity (Wildman–Crippen MR) is 116 cm³/mol. The second kappa shape index (κ2) is 10.7. The molecule has 9 heteroatoms. The van der Waals surface area contributed by atoms with Gasteiger partial charge in [-0.25, -0.2) is 4.79 Å². The van der Waals surface area contributed by atoms with Gasteiger partial charge in [0, 0.05) is 26.2 Å². The van der Waals surface area contributed by atoms with E-state index in [0.717, 1.165) is 18.9 Å². The number of aliphatic imine (C=N–C) groups is 1. The highest BCUT2D eigenvalue weighted by atomic mass is 16.6. The number of amides is 2. The van der Waals surface area contributed by atoms with E-state index in [9.17, 15) is 14.7 Å². The molecule has 1 aromatic rings. The minimum absolute atomic E-state index is 0.00975. The van der Waals surface area contributed by atoms with Crippen LogP contribution in [0.1, 0.15) is 44.5 Å². The Hall–Kier alpha value is -2.97. The third-order valence-corrected chi connectivity index (χ3v) is 4.35. The normalized spacial score (nSPS) is 16.9. The summed E-state index contributed by atoms with van der Waals surface area (Å²) in [5.41, 5.74) is -0.288. The highest BCUT2D eigenvalue weighted by Crippen LogP contribution is 2.15. The van der Waals surface area contributed by atoms with Gasteiger partial charge in [-0.15, -0.1) is 0 Å². The quantitative estimate of drug-likeness (QED) is 0.317. The van der Waals surface area contributed by atoms with Gasteiger partial charge in [0.25, 0.3) is 5.91 Å². The third-order valence-electron chi connectivity index (χ3n) is 4.35. The summed E-state index contributed by atoms with van der Waals surface area (Å²) in [5, 5.41) is 18.7. The lowest BCUT2D eigenvalue weighted by molar-refractivity contribution is 0.0507. The molecule has 0 radical (unpaired) electrons. The molecule has 2 rings (SSSR count). The first kappa shape index (κ1) is 23.3. The number of nitrogens with one attached hydrogen (secondary N) is 3. The summed E-state index contributed by atoms with van der Waals surface area (Å²) in [5.74, 6) is 0.353. The lowest BCUT2D eigenvalue weighted by Gasteiger charge is -2.23. The van der Waals surface area contributed by atoms with Crippen LogP contribution in [0.4, 0.5) is 4.79 Å². The van der Waals surface area contributed by atoms with Crippen LogP contribution >= 0.6 is 0 Å². The number of guanidine groups is 1. The van der Waals surface area contributed by atoms with Crippen LogP contribution in [0.5, 0.6) is 5.75 Å². The first-order valence-corrected chi connectivity index (χ1v) is 10.3. The number of phenols is 1. The predicted octanol–water partition coefficient (Wildman–Crippen LogP) is 1.69. The van der Waals surface area contributed by atoms with Crippen molar-refractivity contribution in [3.63, 3.8) is 0 Å². The molecule has 1 unspecified atom stereocenters. The van der Waals surface area contributed by atoms with Gasteiger partial charge in [-0.3, -0.25) is 9.79 Å². The Morgan fingerprint density at radius 2 is 2.00 bits per heavy atom. The number of aromatic hydroxyl groups is 1. The molecule has 0 aromatic heterocycles. The monoisotopic (exact) mass is 419 g/mol. The van der Waals surface area contributed by atoms with Crippen molar-refractivity contribution in [1.29, 1.82) is 0 Å². The Morgan fingerprint density at radius 3 is 2.67 bits per heavy atom. The molecule has 2 amide bonds. The van der Waals surface area contributed by atoms with Crippen LogP contribution in [0.25, 0.3) is 0 Å². The molecule has 1 aliphatic rings.